The molecular weight excluding hydrogens is 285 g/mol. The Morgan fingerprint density at radius 1 is 1.09 bits per heavy atom. The van der Waals surface area contributed by atoms with Crippen LogP contribution in [0, 0.1) is 17.7 Å². The molecule has 3 atom stereocenters. The van der Waals surface area contributed by atoms with Gasteiger partial charge in [0.25, 0.3) is 0 Å². The van der Waals surface area contributed by atoms with Gasteiger partial charge >= 0.3 is 5.97 Å². The Bertz CT molecular complexity index is 572. The van der Waals surface area contributed by atoms with Crippen molar-refractivity contribution in [1.29, 1.82) is 0 Å². The fraction of sp³-hybridized carbons (Fsp3) is 0.529. The van der Waals surface area contributed by atoms with Crippen LogP contribution in [0.3, 0.4) is 0 Å². The quantitative estimate of drug-likeness (QED) is 0.934. The molecule has 0 bridgehead atoms. The lowest BCUT2D eigenvalue weighted by Crippen LogP contribution is -2.35. The Morgan fingerprint density at radius 3 is 2.41 bits per heavy atom. The van der Waals surface area contributed by atoms with Crippen LogP contribution in [0.1, 0.15) is 43.7 Å². The number of aliphatic carboxylic acids is 1. The SMILES string of the molecule is O=C(O)[C@@H]1CC[C@H](C(=O)N2CCCC2c2ccc(F)cc2)C1. The maximum atomic E-state index is 13.1. The molecule has 1 heterocycles. The summed E-state index contributed by atoms with van der Waals surface area (Å²) in [7, 11) is 0. The standard InChI is InChI=1S/C17H20FNO3/c18-14-7-5-11(6-8-14)15-2-1-9-19(15)16(20)12-3-4-13(10-12)17(21)22/h5-8,12-13,15H,1-4,9-10H2,(H,21,22)/t12-,13+,15?/m0/s1. The molecule has 0 radical (unpaired) electrons. The van der Waals surface area contributed by atoms with Gasteiger partial charge in [-0.15, -0.1) is 0 Å². The molecule has 1 N–H and O–H groups in total. The van der Waals surface area contributed by atoms with Crippen molar-refractivity contribution in [3.8, 4) is 0 Å². The number of benzene rings is 1. The van der Waals surface area contributed by atoms with Crippen molar-refractivity contribution in [2.24, 2.45) is 11.8 Å². The molecule has 2 aliphatic rings. The minimum Gasteiger partial charge on any atom is -0.481 e. The van der Waals surface area contributed by atoms with Crippen molar-refractivity contribution < 1.29 is 19.1 Å². The average molecular weight is 305 g/mol. The third-order valence-corrected chi connectivity index (χ3v) is 4.92. The van der Waals surface area contributed by atoms with Gasteiger partial charge in [-0.2, -0.15) is 0 Å². The van der Waals surface area contributed by atoms with E-state index in [1.54, 1.807) is 12.1 Å². The van der Waals surface area contributed by atoms with E-state index in [0.717, 1.165) is 18.4 Å². The highest BCUT2D eigenvalue weighted by Gasteiger charge is 2.39. The highest BCUT2D eigenvalue weighted by molar-refractivity contribution is 5.81. The number of hydrogen-bond donors (Lipinski definition) is 1. The summed E-state index contributed by atoms with van der Waals surface area (Å²) < 4.78 is 13.1. The van der Waals surface area contributed by atoms with Crippen LogP contribution >= 0.6 is 0 Å². The molecule has 0 aromatic heterocycles. The molecule has 4 nitrogen and oxygen atoms in total. The van der Waals surface area contributed by atoms with Crippen LogP contribution in [0.25, 0.3) is 0 Å². The normalized spacial score (nSPS) is 28.0. The molecule has 1 aromatic carbocycles. The van der Waals surface area contributed by atoms with Crippen LogP contribution in [0.15, 0.2) is 24.3 Å². The molecular formula is C17H20FNO3. The van der Waals surface area contributed by atoms with Gasteiger partial charge in [-0.1, -0.05) is 12.1 Å². The summed E-state index contributed by atoms with van der Waals surface area (Å²) in [5.74, 6) is -1.58. The third kappa shape index (κ3) is 2.85. The van der Waals surface area contributed by atoms with Crippen molar-refractivity contribution in [1.82, 2.24) is 4.90 Å². The van der Waals surface area contributed by atoms with Gasteiger partial charge in [0.15, 0.2) is 0 Å². The molecule has 0 spiro atoms. The van der Waals surface area contributed by atoms with Gasteiger partial charge in [-0.25, -0.2) is 4.39 Å². The lowest BCUT2D eigenvalue weighted by molar-refractivity contribution is -0.141. The van der Waals surface area contributed by atoms with Gasteiger partial charge in [-0.05, 0) is 49.8 Å². The zero-order valence-electron chi connectivity index (χ0n) is 12.4. The molecule has 1 amide bonds. The Morgan fingerprint density at radius 2 is 1.77 bits per heavy atom. The topological polar surface area (TPSA) is 57.6 Å². The summed E-state index contributed by atoms with van der Waals surface area (Å²) in [6.07, 6.45) is 3.50. The van der Waals surface area contributed by atoms with E-state index in [9.17, 15) is 14.0 Å². The second-order valence-corrected chi connectivity index (χ2v) is 6.29. The smallest absolute Gasteiger partial charge is 0.306 e. The van der Waals surface area contributed by atoms with Crippen LogP contribution in [0.2, 0.25) is 0 Å². The monoisotopic (exact) mass is 305 g/mol. The first-order chi connectivity index (χ1) is 10.6. The van der Waals surface area contributed by atoms with Gasteiger partial charge in [0, 0.05) is 12.5 Å². The van der Waals surface area contributed by atoms with E-state index in [1.165, 1.54) is 12.1 Å². The van der Waals surface area contributed by atoms with Gasteiger partial charge in [0.05, 0.1) is 12.0 Å². The van der Waals surface area contributed by atoms with Crippen LogP contribution in [0.5, 0.6) is 0 Å². The Labute approximate surface area is 128 Å². The first-order valence-electron chi connectivity index (χ1n) is 7.85. The number of rotatable bonds is 3. The van der Waals surface area contributed by atoms with Crippen LogP contribution in [-0.4, -0.2) is 28.4 Å². The molecule has 5 heteroatoms. The van der Waals surface area contributed by atoms with Gasteiger partial charge in [-0.3, -0.25) is 9.59 Å². The fourth-order valence-electron chi connectivity index (χ4n) is 3.73. The summed E-state index contributed by atoms with van der Waals surface area (Å²) in [4.78, 5) is 25.6. The Hall–Kier alpha value is -1.91. The largest absolute Gasteiger partial charge is 0.481 e. The highest BCUT2D eigenvalue weighted by Crippen LogP contribution is 2.38. The summed E-state index contributed by atoms with van der Waals surface area (Å²) >= 11 is 0. The molecule has 1 aliphatic carbocycles. The number of halogens is 1. The van der Waals surface area contributed by atoms with Crippen molar-refractivity contribution in [3.63, 3.8) is 0 Å². The highest BCUT2D eigenvalue weighted by atomic mass is 19.1. The number of nitrogens with zero attached hydrogens (tertiary/aromatic N) is 1. The lowest BCUT2D eigenvalue weighted by Gasteiger charge is -2.27. The second-order valence-electron chi connectivity index (χ2n) is 6.29. The van der Waals surface area contributed by atoms with E-state index in [-0.39, 0.29) is 29.6 Å². The molecule has 22 heavy (non-hydrogen) atoms. The number of carboxylic acid groups (broad SMARTS) is 1. The predicted octanol–water partition coefficient (Wildman–Crippen LogP) is 2.99. The summed E-state index contributed by atoms with van der Waals surface area (Å²) in [6.45, 7) is 0.703. The average Bonchev–Trinajstić information content (AvgIpc) is 3.17. The Balaban J connectivity index is 1.72. The van der Waals surface area contributed by atoms with E-state index in [1.807, 2.05) is 4.90 Å². The van der Waals surface area contributed by atoms with Crippen LogP contribution < -0.4 is 0 Å². The van der Waals surface area contributed by atoms with Crippen molar-refractivity contribution >= 4 is 11.9 Å². The fourth-order valence-corrected chi connectivity index (χ4v) is 3.73. The van der Waals surface area contributed by atoms with Crippen molar-refractivity contribution in [3.05, 3.63) is 35.6 Å². The van der Waals surface area contributed by atoms with Crippen LogP contribution in [-0.2, 0) is 9.59 Å². The number of carboxylic acids is 1. The molecule has 1 saturated heterocycles. The lowest BCUT2D eigenvalue weighted by atomic mass is 10.0. The first kappa shape index (κ1) is 15.0. The summed E-state index contributed by atoms with van der Waals surface area (Å²) in [5, 5.41) is 9.07. The zero-order valence-corrected chi connectivity index (χ0v) is 12.4. The number of hydrogen-bond acceptors (Lipinski definition) is 2. The van der Waals surface area contributed by atoms with Gasteiger partial charge in [0.1, 0.15) is 5.82 Å². The molecule has 1 saturated carbocycles. The number of likely N-dealkylation sites (tertiary alicyclic amines) is 1. The minimum atomic E-state index is -0.799. The Kier molecular flexibility index (Phi) is 4.14. The van der Waals surface area contributed by atoms with E-state index >= 15 is 0 Å². The minimum absolute atomic E-state index is 0.00280. The maximum absolute atomic E-state index is 13.1. The third-order valence-electron chi connectivity index (χ3n) is 4.92. The van der Waals surface area contributed by atoms with Crippen LogP contribution in [0.4, 0.5) is 4.39 Å². The molecule has 2 fully saturated rings. The summed E-state index contributed by atoms with van der Waals surface area (Å²) in [5.41, 5.74) is 0.958. The maximum Gasteiger partial charge on any atom is 0.306 e. The zero-order chi connectivity index (χ0) is 15.7. The number of carbonyl (C=O) groups excluding carboxylic acids is 1. The number of carbonyl (C=O) groups is 2. The van der Waals surface area contributed by atoms with Gasteiger partial charge in [0.2, 0.25) is 5.91 Å². The van der Waals surface area contributed by atoms with Crippen molar-refractivity contribution in [2.45, 2.75) is 38.1 Å². The summed E-state index contributed by atoms with van der Waals surface area (Å²) in [6, 6.07) is 6.32. The van der Waals surface area contributed by atoms with Gasteiger partial charge < -0.3 is 10.0 Å². The number of amides is 1. The first-order valence-corrected chi connectivity index (χ1v) is 7.85. The van der Waals surface area contributed by atoms with E-state index in [4.69, 9.17) is 5.11 Å². The molecule has 118 valence electrons. The van der Waals surface area contributed by atoms with E-state index < -0.39 is 5.97 Å². The second kappa shape index (κ2) is 6.07. The molecule has 1 unspecified atom stereocenters. The molecule has 1 aromatic rings. The molecule has 1 aliphatic heterocycles. The van der Waals surface area contributed by atoms with E-state index in [0.29, 0.717) is 25.8 Å². The van der Waals surface area contributed by atoms with Crippen molar-refractivity contribution in [2.75, 3.05) is 6.54 Å². The van der Waals surface area contributed by atoms with E-state index in [2.05, 4.69) is 0 Å². The molecule has 3 rings (SSSR count). The predicted molar refractivity (Wildman–Crippen MR) is 78.6 cm³/mol.